The number of phenols is 1. The third-order valence-electron chi connectivity index (χ3n) is 2.03. The number of carboxylic acid groups (broad SMARTS) is 1. The summed E-state index contributed by atoms with van der Waals surface area (Å²) in [6.07, 6.45) is 1.91. The Kier molecular flexibility index (Phi) is 3.99. The standard InChI is InChI=1S/C10H13NO3S/c1-15-5-7-4-6(2-3-8(7)12)9(11)10(13)14/h2-4,9,12H,5,11H2,1H3,(H,13,14). The van der Waals surface area contributed by atoms with Gasteiger partial charge in [0.1, 0.15) is 11.8 Å². The molecule has 5 heteroatoms. The van der Waals surface area contributed by atoms with Crippen molar-refractivity contribution in [2.24, 2.45) is 5.73 Å². The first-order chi connectivity index (χ1) is 7.06. The minimum atomic E-state index is -1.07. The Balaban J connectivity index is 3.01. The highest BCUT2D eigenvalue weighted by atomic mass is 32.2. The molecule has 0 aliphatic carbocycles. The van der Waals surface area contributed by atoms with Crippen molar-refractivity contribution < 1.29 is 15.0 Å². The van der Waals surface area contributed by atoms with E-state index in [4.69, 9.17) is 10.8 Å². The first kappa shape index (κ1) is 11.9. The molecule has 0 heterocycles. The monoisotopic (exact) mass is 227 g/mol. The number of carboxylic acids is 1. The van der Waals surface area contributed by atoms with Crippen LogP contribution in [0.25, 0.3) is 0 Å². The topological polar surface area (TPSA) is 83.6 Å². The second kappa shape index (κ2) is 5.04. The van der Waals surface area contributed by atoms with Gasteiger partial charge in [-0.2, -0.15) is 11.8 Å². The maximum Gasteiger partial charge on any atom is 0.325 e. The van der Waals surface area contributed by atoms with Gasteiger partial charge >= 0.3 is 5.97 Å². The molecular formula is C10H13NO3S. The molecule has 82 valence electrons. The van der Waals surface area contributed by atoms with Crippen LogP contribution in [-0.2, 0) is 10.5 Å². The Morgan fingerprint density at radius 2 is 2.27 bits per heavy atom. The van der Waals surface area contributed by atoms with E-state index in [1.54, 1.807) is 17.8 Å². The van der Waals surface area contributed by atoms with Crippen LogP contribution in [0.5, 0.6) is 5.75 Å². The Labute approximate surface area is 92.1 Å². The van der Waals surface area contributed by atoms with E-state index in [1.165, 1.54) is 12.1 Å². The molecule has 0 saturated heterocycles. The molecule has 1 atom stereocenters. The third-order valence-corrected chi connectivity index (χ3v) is 2.63. The number of aromatic hydroxyl groups is 1. The van der Waals surface area contributed by atoms with Gasteiger partial charge in [-0.15, -0.1) is 0 Å². The molecule has 0 saturated carbocycles. The zero-order chi connectivity index (χ0) is 11.4. The highest BCUT2D eigenvalue weighted by molar-refractivity contribution is 7.97. The van der Waals surface area contributed by atoms with Gasteiger partial charge in [0, 0.05) is 11.3 Å². The summed E-state index contributed by atoms with van der Waals surface area (Å²) in [5.41, 5.74) is 6.67. The molecule has 4 nitrogen and oxygen atoms in total. The molecule has 0 aliphatic heterocycles. The fraction of sp³-hybridized carbons (Fsp3) is 0.300. The lowest BCUT2D eigenvalue weighted by Crippen LogP contribution is -2.20. The molecule has 1 rings (SSSR count). The molecule has 1 aromatic carbocycles. The SMILES string of the molecule is CSCc1cc(C(N)C(=O)O)ccc1O. The fourth-order valence-corrected chi connectivity index (χ4v) is 1.75. The molecule has 0 radical (unpaired) electrons. The van der Waals surface area contributed by atoms with E-state index in [0.29, 0.717) is 16.9 Å². The predicted octanol–water partition coefficient (Wildman–Crippen LogP) is 1.34. The van der Waals surface area contributed by atoms with Gasteiger partial charge in [0.15, 0.2) is 0 Å². The minimum Gasteiger partial charge on any atom is -0.508 e. The quantitative estimate of drug-likeness (QED) is 0.723. The lowest BCUT2D eigenvalue weighted by Gasteiger charge is -2.09. The van der Waals surface area contributed by atoms with Crippen LogP contribution in [0.4, 0.5) is 0 Å². The van der Waals surface area contributed by atoms with Gasteiger partial charge in [-0.3, -0.25) is 4.79 Å². The van der Waals surface area contributed by atoms with Gasteiger partial charge in [-0.25, -0.2) is 0 Å². The second-order valence-electron chi connectivity index (χ2n) is 3.14. The van der Waals surface area contributed by atoms with Crippen molar-refractivity contribution in [3.05, 3.63) is 29.3 Å². The second-order valence-corrected chi connectivity index (χ2v) is 4.00. The lowest BCUT2D eigenvalue weighted by atomic mass is 10.0. The van der Waals surface area contributed by atoms with E-state index in [2.05, 4.69) is 0 Å². The van der Waals surface area contributed by atoms with Crippen molar-refractivity contribution in [3.8, 4) is 5.75 Å². The van der Waals surface area contributed by atoms with Gasteiger partial charge in [-0.05, 0) is 24.0 Å². The molecule has 0 spiro atoms. The fourth-order valence-electron chi connectivity index (χ4n) is 1.21. The van der Waals surface area contributed by atoms with Gasteiger partial charge in [0.25, 0.3) is 0 Å². The summed E-state index contributed by atoms with van der Waals surface area (Å²) >= 11 is 1.55. The number of hydrogen-bond acceptors (Lipinski definition) is 4. The van der Waals surface area contributed by atoms with Crippen molar-refractivity contribution in [2.75, 3.05) is 6.26 Å². The van der Waals surface area contributed by atoms with E-state index < -0.39 is 12.0 Å². The van der Waals surface area contributed by atoms with Gasteiger partial charge < -0.3 is 15.9 Å². The predicted molar refractivity (Wildman–Crippen MR) is 59.9 cm³/mol. The van der Waals surface area contributed by atoms with Crippen molar-refractivity contribution in [1.82, 2.24) is 0 Å². The molecule has 4 N–H and O–H groups in total. The maximum atomic E-state index is 10.7. The normalized spacial score (nSPS) is 12.4. The number of benzene rings is 1. The zero-order valence-corrected chi connectivity index (χ0v) is 9.12. The van der Waals surface area contributed by atoms with Crippen LogP contribution in [0.3, 0.4) is 0 Å². The van der Waals surface area contributed by atoms with E-state index in [9.17, 15) is 9.90 Å². The van der Waals surface area contributed by atoms with E-state index in [-0.39, 0.29) is 5.75 Å². The summed E-state index contributed by atoms with van der Waals surface area (Å²) in [7, 11) is 0. The van der Waals surface area contributed by atoms with Crippen molar-refractivity contribution in [1.29, 1.82) is 0 Å². The number of hydrogen-bond donors (Lipinski definition) is 3. The Morgan fingerprint density at radius 3 is 2.80 bits per heavy atom. The Hall–Kier alpha value is -1.20. The molecule has 1 unspecified atom stereocenters. The number of rotatable bonds is 4. The van der Waals surface area contributed by atoms with Crippen LogP contribution in [0.15, 0.2) is 18.2 Å². The zero-order valence-electron chi connectivity index (χ0n) is 8.30. The number of phenolic OH excluding ortho intramolecular Hbond substituents is 1. The van der Waals surface area contributed by atoms with E-state index >= 15 is 0 Å². The van der Waals surface area contributed by atoms with Crippen LogP contribution >= 0.6 is 11.8 Å². The van der Waals surface area contributed by atoms with E-state index in [0.717, 1.165) is 0 Å². The molecular weight excluding hydrogens is 214 g/mol. The van der Waals surface area contributed by atoms with Crippen molar-refractivity contribution >= 4 is 17.7 Å². The summed E-state index contributed by atoms with van der Waals surface area (Å²) < 4.78 is 0. The average molecular weight is 227 g/mol. The van der Waals surface area contributed by atoms with Crippen molar-refractivity contribution in [3.63, 3.8) is 0 Å². The number of carbonyl (C=O) groups is 1. The number of thioether (sulfide) groups is 1. The highest BCUT2D eigenvalue weighted by Gasteiger charge is 2.15. The van der Waals surface area contributed by atoms with Crippen LogP contribution in [0.2, 0.25) is 0 Å². The molecule has 0 fully saturated rings. The molecule has 0 amide bonds. The van der Waals surface area contributed by atoms with Gasteiger partial charge in [0.05, 0.1) is 0 Å². The molecule has 0 aromatic heterocycles. The van der Waals surface area contributed by atoms with Crippen LogP contribution in [-0.4, -0.2) is 22.4 Å². The molecule has 0 aliphatic rings. The first-order valence-electron chi connectivity index (χ1n) is 4.35. The van der Waals surface area contributed by atoms with E-state index in [1.807, 2.05) is 6.26 Å². The maximum absolute atomic E-state index is 10.7. The number of nitrogens with two attached hydrogens (primary N) is 1. The summed E-state index contributed by atoms with van der Waals surface area (Å²) in [4.78, 5) is 10.7. The molecule has 0 bridgehead atoms. The summed E-state index contributed by atoms with van der Waals surface area (Å²) in [6, 6.07) is 3.60. The molecule has 15 heavy (non-hydrogen) atoms. The summed E-state index contributed by atoms with van der Waals surface area (Å²) in [5, 5.41) is 18.2. The summed E-state index contributed by atoms with van der Waals surface area (Å²) in [6.45, 7) is 0. The van der Waals surface area contributed by atoms with Crippen LogP contribution in [0, 0.1) is 0 Å². The van der Waals surface area contributed by atoms with Gasteiger partial charge in [-0.1, -0.05) is 6.07 Å². The average Bonchev–Trinajstić information content (AvgIpc) is 2.20. The van der Waals surface area contributed by atoms with Gasteiger partial charge in [0.2, 0.25) is 0 Å². The lowest BCUT2D eigenvalue weighted by molar-refractivity contribution is -0.138. The van der Waals surface area contributed by atoms with Crippen LogP contribution < -0.4 is 5.73 Å². The molecule has 1 aromatic rings. The van der Waals surface area contributed by atoms with Crippen LogP contribution in [0.1, 0.15) is 17.2 Å². The highest BCUT2D eigenvalue weighted by Crippen LogP contribution is 2.24. The largest absolute Gasteiger partial charge is 0.508 e. The summed E-state index contributed by atoms with van der Waals surface area (Å²) in [5.74, 6) is -0.270. The smallest absolute Gasteiger partial charge is 0.325 e. The minimum absolute atomic E-state index is 0.172. The third kappa shape index (κ3) is 2.87. The Morgan fingerprint density at radius 1 is 1.60 bits per heavy atom. The first-order valence-corrected chi connectivity index (χ1v) is 5.74. The van der Waals surface area contributed by atoms with Crippen molar-refractivity contribution in [2.45, 2.75) is 11.8 Å². The Bertz CT molecular complexity index is 368. The number of aliphatic carboxylic acids is 1.